The predicted octanol–water partition coefficient (Wildman–Crippen LogP) is 2.62. The van der Waals surface area contributed by atoms with E-state index < -0.39 is 0 Å². The van der Waals surface area contributed by atoms with Gasteiger partial charge < -0.3 is 15.4 Å². The van der Waals surface area contributed by atoms with Gasteiger partial charge in [-0.1, -0.05) is 6.42 Å². The summed E-state index contributed by atoms with van der Waals surface area (Å²) in [4.78, 5) is 25.4. The number of nitrogens with one attached hydrogen (secondary N) is 2. The van der Waals surface area contributed by atoms with Gasteiger partial charge in [0.15, 0.2) is 0 Å². The van der Waals surface area contributed by atoms with Gasteiger partial charge in [-0.15, -0.1) is 11.3 Å². The fourth-order valence-corrected chi connectivity index (χ4v) is 3.49. The molecule has 0 spiro atoms. The molecule has 1 saturated heterocycles. The number of esters is 1. The molecule has 0 radical (unpaired) electrons. The van der Waals surface area contributed by atoms with Crippen molar-refractivity contribution in [1.29, 1.82) is 0 Å². The summed E-state index contributed by atoms with van der Waals surface area (Å²) in [6.07, 6.45) is 3.00. The van der Waals surface area contributed by atoms with E-state index >= 15 is 0 Å². The highest BCUT2D eigenvalue weighted by Crippen LogP contribution is 2.33. The van der Waals surface area contributed by atoms with Gasteiger partial charge in [0.1, 0.15) is 5.00 Å². The topological polar surface area (TPSA) is 67.4 Å². The van der Waals surface area contributed by atoms with Crippen molar-refractivity contribution < 1.29 is 14.3 Å². The molecule has 116 valence electrons. The maximum Gasteiger partial charge on any atom is 0.341 e. The zero-order valence-electron chi connectivity index (χ0n) is 12.7. The van der Waals surface area contributed by atoms with E-state index in [4.69, 9.17) is 4.74 Å². The van der Waals surface area contributed by atoms with Crippen molar-refractivity contribution in [1.82, 2.24) is 5.32 Å². The monoisotopic (exact) mass is 310 g/mol. The van der Waals surface area contributed by atoms with Crippen LogP contribution in [0, 0.1) is 13.8 Å². The van der Waals surface area contributed by atoms with Gasteiger partial charge in [0.2, 0.25) is 5.91 Å². The number of hydrogen-bond donors (Lipinski definition) is 2. The smallest absolute Gasteiger partial charge is 0.341 e. The van der Waals surface area contributed by atoms with E-state index in [2.05, 4.69) is 10.6 Å². The summed E-state index contributed by atoms with van der Waals surface area (Å²) in [5.41, 5.74) is 1.37. The molecule has 1 aromatic rings. The third kappa shape index (κ3) is 3.63. The highest BCUT2D eigenvalue weighted by atomic mass is 32.1. The normalized spacial score (nSPS) is 18.3. The molecule has 0 saturated carbocycles. The molecule has 0 aliphatic carbocycles. The molecule has 0 unspecified atom stereocenters. The third-order valence-electron chi connectivity index (χ3n) is 3.73. The van der Waals surface area contributed by atoms with Crippen molar-refractivity contribution in [2.75, 3.05) is 18.5 Å². The van der Waals surface area contributed by atoms with Crippen LogP contribution in [-0.4, -0.2) is 31.1 Å². The lowest BCUT2D eigenvalue weighted by Gasteiger charge is -2.22. The summed E-state index contributed by atoms with van der Waals surface area (Å²) in [5.74, 6) is -0.437. The van der Waals surface area contributed by atoms with Gasteiger partial charge >= 0.3 is 5.97 Å². The summed E-state index contributed by atoms with van der Waals surface area (Å²) in [6.45, 7) is 6.79. The zero-order valence-corrected chi connectivity index (χ0v) is 13.6. The van der Waals surface area contributed by atoms with Crippen LogP contribution in [0.3, 0.4) is 0 Å². The van der Waals surface area contributed by atoms with E-state index in [0.29, 0.717) is 17.2 Å². The van der Waals surface area contributed by atoms with Crippen LogP contribution in [0.15, 0.2) is 0 Å². The van der Waals surface area contributed by atoms with Crippen molar-refractivity contribution in [3.63, 3.8) is 0 Å². The first kappa shape index (κ1) is 16.0. The van der Waals surface area contributed by atoms with Crippen molar-refractivity contribution in [2.24, 2.45) is 0 Å². The fraction of sp³-hybridized carbons (Fsp3) is 0.600. The lowest BCUT2D eigenvalue weighted by atomic mass is 10.0. The van der Waals surface area contributed by atoms with Crippen molar-refractivity contribution in [3.8, 4) is 0 Å². The second-order valence-corrected chi connectivity index (χ2v) is 6.42. The second-order valence-electron chi connectivity index (χ2n) is 5.20. The van der Waals surface area contributed by atoms with Crippen molar-refractivity contribution in [2.45, 2.75) is 46.1 Å². The molecule has 1 aliphatic rings. The third-order valence-corrected chi connectivity index (χ3v) is 4.85. The standard InChI is InChI=1S/C15H22N2O3S/c1-4-20-15(19)12-9(2)10(3)21-14(12)17-13(18)11-7-5-6-8-16-11/h11,16H,4-8H2,1-3H3,(H,17,18)/t11-/m1/s1. The van der Waals surface area contributed by atoms with Gasteiger partial charge in [0, 0.05) is 4.88 Å². The number of hydrogen-bond acceptors (Lipinski definition) is 5. The molecule has 0 aromatic carbocycles. The lowest BCUT2D eigenvalue weighted by Crippen LogP contribution is -2.43. The molecule has 5 nitrogen and oxygen atoms in total. The number of amides is 1. The Labute approximate surface area is 129 Å². The Morgan fingerprint density at radius 2 is 2.14 bits per heavy atom. The van der Waals surface area contributed by atoms with Crippen LogP contribution in [0.4, 0.5) is 5.00 Å². The Hall–Kier alpha value is -1.40. The number of carbonyl (C=O) groups is 2. The number of carbonyl (C=O) groups excluding carboxylic acids is 2. The van der Waals surface area contributed by atoms with Crippen molar-refractivity contribution in [3.05, 3.63) is 16.0 Å². The molecule has 0 bridgehead atoms. The first-order valence-corrected chi connectivity index (χ1v) is 8.17. The van der Waals surface area contributed by atoms with Gasteiger partial charge in [-0.05, 0) is 45.7 Å². The lowest BCUT2D eigenvalue weighted by molar-refractivity contribution is -0.118. The largest absolute Gasteiger partial charge is 0.462 e. The van der Waals surface area contributed by atoms with E-state index in [1.807, 2.05) is 13.8 Å². The Bertz CT molecular complexity index is 533. The van der Waals surface area contributed by atoms with Gasteiger partial charge in [0.05, 0.1) is 18.2 Å². The molecule has 2 rings (SSSR count). The molecule has 21 heavy (non-hydrogen) atoms. The Balaban J connectivity index is 2.17. The second kappa shape index (κ2) is 7.04. The summed E-state index contributed by atoms with van der Waals surface area (Å²) in [7, 11) is 0. The van der Waals surface area contributed by atoms with Crippen LogP contribution < -0.4 is 10.6 Å². The van der Waals surface area contributed by atoms with Gasteiger partial charge in [-0.3, -0.25) is 4.79 Å². The quantitative estimate of drug-likeness (QED) is 0.839. The first-order valence-electron chi connectivity index (χ1n) is 7.36. The highest BCUT2D eigenvalue weighted by Gasteiger charge is 2.25. The molecule has 1 aromatic heterocycles. The SMILES string of the molecule is CCOC(=O)c1c(NC(=O)[C@H]2CCCCN2)sc(C)c1C. The van der Waals surface area contributed by atoms with Crippen LogP contribution in [-0.2, 0) is 9.53 Å². The summed E-state index contributed by atoms with van der Waals surface area (Å²) >= 11 is 1.43. The number of aryl methyl sites for hydroxylation is 1. The maximum absolute atomic E-state index is 12.3. The molecule has 1 amide bonds. The van der Waals surface area contributed by atoms with Gasteiger partial charge in [-0.25, -0.2) is 4.79 Å². The number of anilines is 1. The summed E-state index contributed by atoms with van der Waals surface area (Å²) < 4.78 is 5.09. The number of piperidine rings is 1. The molecule has 2 heterocycles. The van der Waals surface area contributed by atoms with Gasteiger partial charge in [0.25, 0.3) is 0 Å². The van der Waals surface area contributed by atoms with Crippen molar-refractivity contribution >= 4 is 28.2 Å². The minimum absolute atomic E-state index is 0.0681. The summed E-state index contributed by atoms with van der Waals surface area (Å²) in [5, 5.41) is 6.71. The molecule has 1 fully saturated rings. The van der Waals surface area contributed by atoms with Crippen LogP contribution in [0.25, 0.3) is 0 Å². The van der Waals surface area contributed by atoms with Crippen LogP contribution in [0.1, 0.15) is 47.0 Å². The maximum atomic E-state index is 12.3. The average molecular weight is 310 g/mol. The molecule has 6 heteroatoms. The minimum atomic E-state index is -0.369. The van der Waals surface area contributed by atoms with Crippen LogP contribution in [0.2, 0.25) is 0 Å². The van der Waals surface area contributed by atoms with E-state index in [1.54, 1.807) is 6.92 Å². The number of rotatable bonds is 4. The molecule has 1 atom stereocenters. The minimum Gasteiger partial charge on any atom is -0.462 e. The average Bonchev–Trinajstić information content (AvgIpc) is 2.75. The predicted molar refractivity (Wildman–Crippen MR) is 84.0 cm³/mol. The van der Waals surface area contributed by atoms with Crippen LogP contribution in [0.5, 0.6) is 0 Å². The van der Waals surface area contributed by atoms with Crippen LogP contribution >= 0.6 is 11.3 Å². The zero-order chi connectivity index (χ0) is 15.4. The molecular weight excluding hydrogens is 288 g/mol. The Kier molecular flexibility index (Phi) is 5.36. The number of ether oxygens (including phenoxy) is 1. The van der Waals surface area contributed by atoms with E-state index in [1.165, 1.54) is 11.3 Å². The molecule has 2 N–H and O–H groups in total. The Morgan fingerprint density at radius 1 is 1.38 bits per heavy atom. The fourth-order valence-electron chi connectivity index (χ4n) is 2.44. The van der Waals surface area contributed by atoms with Gasteiger partial charge in [-0.2, -0.15) is 0 Å². The van der Waals surface area contributed by atoms with E-state index in [9.17, 15) is 9.59 Å². The van der Waals surface area contributed by atoms with E-state index in [-0.39, 0.29) is 17.9 Å². The summed E-state index contributed by atoms with van der Waals surface area (Å²) in [6, 6.07) is -0.170. The molecule has 1 aliphatic heterocycles. The Morgan fingerprint density at radius 3 is 2.76 bits per heavy atom. The number of thiophene rings is 1. The van der Waals surface area contributed by atoms with E-state index in [0.717, 1.165) is 36.2 Å². The first-order chi connectivity index (χ1) is 10.0. The molecular formula is C15H22N2O3S. The highest BCUT2D eigenvalue weighted by molar-refractivity contribution is 7.16.